The first-order chi connectivity index (χ1) is 11.8. The molecule has 0 bridgehead atoms. The van der Waals surface area contributed by atoms with Crippen molar-refractivity contribution in [1.82, 2.24) is 9.88 Å². The Morgan fingerprint density at radius 3 is 2.83 bits per heavy atom. The van der Waals surface area contributed by atoms with E-state index < -0.39 is 0 Å². The second-order valence-corrected chi connectivity index (χ2v) is 6.18. The lowest BCUT2D eigenvalue weighted by atomic mass is 10.1. The van der Waals surface area contributed by atoms with Crippen molar-refractivity contribution in [1.29, 1.82) is 0 Å². The van der Waals surface area contributed by atoms with Gasteiger partial charge in [0.2, 0.25) is 0 Å². The first-order valence-corrected chi connectivity index (χ1v) is 8.19. The van der Waals surface area contributed by atoms with E-state index in [0.29, 0.717) is 6.61 Å². The van der Waals surface area contributed by atoms with Gasteiger partial charge in [0.15, 0.2) is 11.5 Å². The van der Waals surface area contributed by atoms with Gasteiger partial charge in [-0.15, -0.1) is 0 Å². The fourth-order valence-corrected chi connectivity index (χ4v) is 3.16. The Bertz CT molecular complexity index is 844. The summed E-state index contributed by atoms with van der Waals surface area (Å²) in [4.78, 5) is 6.69. The molecular formula is C20H20N2O2. The molecule has 0 saturated heterocycles. The van der Waals surface area contributed by atoms with Crippen molar-refractivity contribution in [3.05, 3.63) is 66.4 Å². The van der Waals surface area contributed by atoms with Crippen LogP contribution in [0.25, 0.3) is 10.9 Å². The molecule has 4 nitrogen and oxygen atoms in total. The van der Waals surface area contributed by atoms with Crippen molar-refractivity contribution in [3.8, 4) is 11.5 Å². The van der Waals surface area contributed by atoms with Gasteiger partial charge < -0.3 is 9.47 Å². The smallest absolute Gasteiger partial charge is 0.161 e. The van der Waals surface area contributed by atoms with Gasteiger partial charge in [-0.25, -0.2) is 0 Å². The topological polar surface area (TPSA) is 34.6 Å². The minimum absolute atomic E-state index is 0.0398. The van der Waals surface area contributed by atoms with Crippen molar-refractivity contribution in [2.24, 2.45) is 0 Å². The summed E-state index contributed by atoms with van der Waals surface area (Å²) in [5.41, 5.74) is 2.31. The molecule has 2 aromatic carbocycles. The minimum atomic E-state index is 0.0398. The number of hydrogen-bond donors (Lipinski definition) is 0. The highest BCUT2D eigenvalue weighted by molar-refractivity contribution is 5.81. The predicted molar refractivity (Wildman–Crippen MR) is 94.4 cm³/mol. The summed E-state index contributed by atoms with van der Waals surface area (Å²) in [6, 6.07) is 18.2. The normalized spacial score (nSPS) is 16.5. The van der Waals surface area contributed by atoms with E-state index in [-0.39, 0.29) is 6.10 Å². The van der Waals surface area contributed by atoms with Crippen LogP contribution in [0.2, 0.25) is 0 Å². The fourth-order valence-electron chi connectivity index (χ4n) is 3.16. The molecule has 0 saturated carbocycles. The predicted octanol–water partition coefficient (Wildman–Crippen LogP) is 3.51. The van der Waals surface area contributed by atoms with Gasteiger partial charge >= 0.3 is 0 Å². The minimum Gasteiger partial charge on any atom is -0.486 e. The number of rotatable bonds is 4. The highest BCUT2D eigenvalue weighted by atomic mass is 16.6. The molecule has 0 radical (unpaired) electrons. The molecule has 1 aliphatic heterocycles. The highest BCUT2D eigenvalue weighted by Gasteiger charge is 2.22. The number of hydrogen-bond acceptors (Lipinski definition) is 4. The SMILES string of the molecule is CN(Cc1cccc2ncccc12)CC1COc2ccccc2O1. The summed E-state index contributed by atoms with van der Waals surface area (Å²) in [7, 11) is 2.11. The van der Waals surface area contributed by atoms with E-state index in [1.807, 2.05) is 42.6 Å². The quantitative estimate of drug-likeness (QED) is 0.737. The zero-order chi connectivity index (χ0) is 16.4. The molecular weight excluding hydrogens is 300 g/mol. The van der Waals surface area contributed by atoms with Gasteiger partial charge in [0.1, 0.15) is 12.7 Å². The molecule has 0 amide bonds. The lowest BCUT2D eigenvalue weighted by Gasteiger charge is -2.29. The molecule has 3 aromatic rings. The second-order valence-electron chi connectivity index (χ2n) is 6.18. The number of aromatic nitrogens is 1. The molecule has 0 N–H and O–H groups in total. The largest absolute Gasteiger partial charge is 0.486 e. The van der Waals surface area contributed by atoms with Crippen LogP contribution >= 0.6 is 0 Å². The van der Waals surface area contributed by atoms with Gasteiger partial charge in [0.25, 0.3) is 0 Å². The average Bonchev–Trinajstić information content (AvgIpc) is 2.62. The van der Waals surface area contributed by atoms with Gasteiger partial charge in [-0.3, -0.25) is 9.88 Å². The van der Waals surface area contributed by atoms with Crippen molar-refractivity contribution in [2.75, 3.05) is 20.2 Å². The number of para-hydroxylation sites is 2. The van der Waals surface area contributed by atoms with Crippen LogP contribution in [0.4, 0.5) is 0 Å². The summed E-state index contributed by atoms with van der Waals surface area (Å²) in [6.07, 6.45) is 1.87. The van der Waals surface area contributed by atoms with Gasteiger partial charge in [-0.05, 0) is 36.9 Å². The van der Waals surface area contributed by atoms with Crippen LogP contribution in [-0.4, -0.2) is 36.2 Å². The van der Waals surface area contributed by atoms with E-state index in [1.165, 1.54) is 10.9 Å². The molecule has 4 heteroatoms. The third-order valence-electron chi connectivity index (χ3n) is 4.26. The van der Waals surface area contributed by atoms with Crippen LogP contribution in [0.15, 0.2) is 60.8 Å². The zero-order valence-corrected chi connectivity index (χ0v) is 13.7. The third-order valence-corrected chi connectivity index (χ3v) is 4.26. The number of fused-ring (bicyclic) bond motifs is 2. The maximum Gasteiger partial charge on any atom is 0.161 e. The number of ether oxygens (including phenoxy) is 2. The first kappa shape index (κ1) is 15.0. The van der Waals surface area contributed by atoms with E-state index in [0.717, 1.165) is 30.1 Å². The Labute approximate surface area is 141 Å². The van der Waals surface area contributed by atoms with Crippen LogP contribution in [0.1, 0.15) is 5.56 Å². The van der Waals surface area contributed by atoms with E-state index in [4.69, 9.17) is 9.47 Å². The molecule has 0 spiro atoms. The standard InChI is InChI=1S/C20H20N2O2/c1-22(12-15-6-4-8-18-17(15)7-5-11-21-18)13-16-14-23-19-9-2-3-10-20(19)24-16/h2-11,16H,12-14H2,1H3. The second kappa shape index (κ2) is 6.49. The molecule has 2 heterocycles. The lowest BCUT2D eigenvalue weighted by molar-refractivity contribution is 0.0639. The Morgan fingerprint density at radius 1 is 1.04 bits per heavy atom. The van der Waals surface area contributed by atoms with Crippen molar-refractivity contribution in [3.63, 3.8) is 0 Å². The summed E-state index contributed by atoms with van der Waals surface area (Å²) < 4.78 is 11.8. The highest BCUT2D eigenvalue weighted by Crippen LogP contribution is 2.31. The van der Waals surface area contributed by atoms with E-state index in [2.05, 4.69) is 35.1 Å². The zero-order valence-electron chi connectivity index (χ0n) is 13.7. The molecule has 1 aromatic heterocycles. The molecule has 1 aliphatic rings. The summed E-state index contributed by atoms with van der Waals surface area (Å²) in [5, 5.41) is 1.21. The van der Waals surface area contributed by atoms with E-state index in [1.54, 1.807) is 0 Å². The van der Waals surface area contributed by atoms with Gasteiger partial charge in [-0.2, -0.15) is 0 Å². The Morgan fingerprint density at radius 2 is 1.92 bits per heavy atom. The Kier molecular flexibility index (Phi) is 4.05. The van der Waals surface area contributed by atoms with Gasteiger partial charge in [0, 0.05) is 24.7 Å². The van der Waals surface area contributed by atoms with Crippen LogP contribution in [0, 0.1) is 0 Å². The molecule has 1 atom stereocenters. The van der Waals surface area contributed by atoms with Crippen molar-refractivity contribution < 1.29 is 9.47 Å². The number of nitrogens with zero attached hydrogens (tertiary/aromatic N) is 2. The third kappa shape index (κ3) is 3.05. The van der Waals surface area contributed by atoms with Crippen molar-refractivity contribution >= 4 is 10.9 Å². The molecule has 122 valence electrons. The summed E-state index contributed by atoms with van der Waals surface area (Å²) in [6.45, 7) is 2.24. The van der Waals surface area contributed by atoms with E-state index in [9.17, 15) is 0 Å². The molecule has 24 heavy (non-hydrogen) atoms. The fraction of sp³-hybridized carbons (Fsp3) is 0.250. The first-order valence-electron chi connectivity index (χ1n) is 8.19. The van der Waals surface area contributed by atoms with Gasteiger partial charge in [-0.1, -0.05) is 30.3 Å². The molecule has 1 unspecified atom stereocenters. The van der Waals surface area contributed by atoms with E-state index >= 15 is 0 Å². The number of benzene rings is 2. The average molecular weight is 320 g/mol. The van der Waals surface area contributed by atoms with Crippen LogP contribution in [-0.2, 0) is 6.54 Å². The maximum atomic E-state index is 6.05. The molecule has 0 fully saturated rings. The van der Waals surface area contributed by atoms with Crippen molar-refractivity contribution in [2.45, 2.75) is 12.6 Å². The van der Waals surface area contributed by atoms with Crippen LogP contribution in [0.3, 0.4) is 0 Å². The molecule has 0 aliphatic carbocycles. The summed E-state index contributed by atoms with van der Waals surface area (Å²) >= 11 is 0. The Balaban J connectivity index is 1.44. The number of pyridine rings is 1. The Hall–Kier alpha value is -2.59. The van der Waals surface area contributed by atoms with Crippen LogP contribution < -0.4 is 9.47 Å². The maximum absolute atomic E-state index is 6.05. The summed E-state index contributed by atoms with van der Waals surface area (Å²) in [5.74, 6) is 1.66. The monoisotopic (exact) mass is 320 g/mol. The van der Waals surface area contributed by atoms with Crippen LogP contribution in [0.5, 0.6) is 11.5 Å². The lowest BCUT2D eigenvalue weighted by Crippen LogP contribution is -2.39. The number of likely N-dealkylation sites (N-methyl/N-ethyl adjacent to an activating group) is 1. The van der Waals surface area contributed by atoms with Gasteiger partial charge in [0.05, 0.1) is 5.52 Å². The molecule has 4 rings (SSSR count).